The van der Waals surface area contributed by atoms with E-state index in [4.69, 9.17) is 0 Å². The first-order valence-corrected chi connectivity index (χ1v) is 13.5. The molecule has 1 fully saturated rings. The average molecular weight is 503 g/mol. The highest BCUT2D eigenvalue weighted by molar-refractivity contribution is 5.89. The number of benzene rings is 4. The molecule has 0 heterocycles. The van der Waals surface area contributed by atoms with Crippen LogP contribution in [0.15, 0.2) is 121 Å². The van der Waals surface area contributed by atoms with Crippen LogP contribution in [0.2, 0.25) is 0 Å². The van der Waals surface area contributed by atoms with Gasteiger partial charge in [0.05, 0.1) is 11.8 Å². The molecule has 0 saturated heterocycles. The van der Waals surface area contributed by atoms with Crippen LogP contribution < -0.4 is 10.6 Å². The molecule has 4 aromatic carbocycles. The first kappa shape index (κ1) is 25.5. The van der Waals surface area contributed by atoms with Gasteiger partial charge in [0.2, 0.25) is 11.8 Å². The summed E-state index contributed by atoms with van der Waals surface area (Å²) in [5.74, 6) is -0.874. The van der Waals surface area contributed by atoms with E-state index in [9.17, 15) is 9.59 Å². The maximum Gasteiger partial charge on any atom is 0.232 e. The van der Waals surface area contributed by atoms with Gasteiger partial charge in [-0.2, -0.15) is 0 Å². The Hall–Kier alpha value is -4.18. The zero-order chi connectivity index (χ0) is 26.2. The molecular formula is C34H34N2O2. The third-order valence-corrected chi connectivity index (χ3v) is 7.48. The molecule has 1 aliphatic rings. The summed E-state index contributed by atoms with van der Waals surface area (Å²) < 4.78 is 0. The number of hydrogen-bond acceptors (Lipinski definition) is 2. The highest BCUT2D eigenvalue weighted by Crippen LogP contribution is 2.28. The van der Waals surface area contributed by atoms with Crippen LogP contribution in [0.1, 0.15) is 59.8 Å². The zero-order valence-corrected chi connectivity index (χ0v) is 21.5. The van der Waals surface area contributed by atoms with Gasteiger partial charge in [-0.25, -0.2) is 0 Å². The number of hydrogen-bond donors (Lipinski definition) is 2. The van der Waals surface area contributed by atoms with E-state index in [-0.39, 0.29) is 23.9 Å². The van der Waals surface area contributed by atoms with Gasteiger partial charge < -0.3 is 10.6 Å². The second kappa shape index (κ2) is 12.4. The van der Waals surface area contributed by atoms with Crippen LogP contribution in [0.4, 0.5) is 0 Å². The third-order valence-electron chi connectivity index (χ3n) is 7.48. The standard InChI is InChI=1S/C34H34N2O2/c37-33(31(25-15-5-1-6-16-25)26-17-7-2-8-18-26)35-29-23-13-14-24-30(29)36-34(38)32(27-19-9-3-10-20-27)28-21-11-4-12-22-28/h1-12,15-22,29-32H,13-14,23-24H2,(H,35,37)(H,36,38). The van der Waals surface area contributed by atoms with Gasteiger partial charge in [0, 0.05) is 12.1 Å². The molecule has 0 aliphatic heterocycles. The molecule has 4 nitrogen and oxygen atoms in total. The van der Waals surface area contributed by atoms with Crippen LogP contribution in [0.5, 0.6) is 0 Å². The molecule has 0 spiro atoms. The van der Waals surface area contributed by atoms with Gasteiger partial charge in [-0.15, -0.1) is 0 Å². The number of rotatable bonds is 8. The minimum atomic E-state index is -0.405. The van der Waals surface area contributed by atoms with Crippen molar-refractivity contribution in [3.8, 4) is 0 Å². The lowest BCUT2D eigenvalue weighted by molar-refractivity contribution is -0.125. The molecule has 2 amide bonds. The molecule has 1 saturated carbocycles. The molecule has 38 heavy (non-hydrogen) atoms. The normalized spacial score (nSPS) is 17.2. The lowest BCUT2D eigenvalue weighted by Crippen LogP contribution is -2.54. The molecule has 2 unspecified atom stereocenters. The molecule has 2 N–H and O–H groups in total. The van der Waals surface area contributed by atoms with E-state index in [1.165, 1.54) is 0 Å². The average Bonchev–Trinajstić information content (AvgIpc) is 2.97. The lowest BCUT2D eigenvalue weighted by atomic mass is 9.86. The maximum absolute atomic E-state index is 13.8. The van der Waals surface area contributed by atoms with Gasteiger partial charge in [0.1, 0.15) is 0 Å². The summed E-state index contributed by atoms with van der Waals surface area (Å²) in [5.41, 5.74) is 3.84. The fourth-order valence-electron chi connectivity index (χ4n) is 5.58. The second-order valence-corrected chi connectivity index (χ2v) is 10.0. The summed E-state index contributed by atoms with van der Waals surface area (Å²) in [4.78, 5) is 27.6. The lowest BCUT2D eigenvalue weighted by Gasteiger charge is -2.35. The predicted octanol–water partition coefficient (Wildman–Crippen LogP) is 6.19. The zero-order valence-electron chi connectivity index (χ0n) is 21.5. The van der Waals surface area contributed by atoms with Gasteiger partial charge in [0.25, 0.3) is 0 Å². The molecule has 192 valence electrons. The maximum atomic E-state index is 13.8. The van der Waals surface area contributed by atoms with Crippen molar-refractivity contribution in [1.82, 2.24) is 10.6 Å². The van der Waals surface area contributed by atoms with E-state index >= 15 is 0 Å². The summed E-state index contributed by atoms with van der Waals surface area (Å²) in [6.45, 7) is 0. The Kier molecular flexibility index (Phi) is 8.29. The Balaban J connectivity index is 1.37. The molecule has 1 aliphatic carbocycles. The number of carbonyl (C=O) groups is 2. The van der Waals surface area contributed by atoms with Crippen LogP contribution >= 0.6 is 0 Å². The minimum Gasteiger partial charge on any atom is -0.350 e. The van der Waals surface area contributed by atoms with E-state index in [1.54, 1.807) is 0 Å². The number of carbonyl (C=O) groups excluding carboxylic acids is 2. The molecule has 4 aromatic rings. The number of amides is 2. The van der Waals surface area contributed by atoms with Crippen LogP contribution in [0.25, 0.3) is 0 Å². The smallest absolute Gasteiger partial charge is 0.232 e. The van der Waals surface area contributed by atoms with E-state index in [0.717, 1.165) is 47.9 Å². The van der Waals surface area contributed by atoms with Crippen LogP contribution in [-0.2, 0) is 9.59 Å². The Morgan fingerprint density at radius 3 is 1.00 bits per heavy atom. The molecule has 4 heteroatoms. The van der Waals surface area contributed by atoms with Crippen molar-refractivity contribution in [2.24, 2.45) is 0 Å². The summed E-state index contributed by atoms with van der Waals surface area (Å²) in [7, 11) is 0. The highest BCUT2D eigenvalue weighted by atomic mass is 16.2. The highest BCUT2D eigenvalue weighted by Gasteiger charge is 2.33. The first-order valence-electron chi connectivity index (χ1n) is 13.5. The Bertz CT molecular complexity index is 1130. The van der Waals surface area contributed by atoms with Gasteiger partial charge in [0.15, 0.2) is 0 Å². The molecular weight excluding hydrogens is 468 g/mol. The fourth-order valence-corrected chi connectivity index (χ4v) is 5.58. The Labute approximate surface area is 225 Å². The summed E-state index contributed by atoms with van der Waals surface area (Å²) in [6.07, 6.45) is 3.74. The van der Waals surface area contributed by atoms with E-state index in [0.29, 0.717) is 0 Å². The van der Waals surface area contributed by atoms with Crippen LogP contribution in [0.3, 0.4) is 0 Å². The van der Waals surface area contributed by atoms with Gasteiger partial charge >= 0.3 is 0 Å². The van der Waals surface area contributed by atoms with Crippen LogP contribution in [0, 0.1) is 0 Å². The van der Waals surface area contributed by atoms with Crippen molar-refractivity contribution >= 4 is 11.8 Å². The predicted molar refractivity (Wildman–Crippen MR) is 152 cm³/mol. The fraction of sp³-hybridized carbons (Fsp3) is 0.235. The first-order chi connectivity index (χ1) is 18.7. The number of nitrogens with one attached hydrogen (secondary N) is 2. The van der Waals surface area contributed by atoms with Crippen molar-refractivity contribution in [2.45, 2.75) is 49.6 Å². The van der Waals surface area contributed by atoms with Crippen molar-refractivity contribution in [3.63, 3.8) is 0 Å². The molecule has 0 radical (unpaired) electrons. The summed E-state index contributed by atoms with van der Waals surface area (Å²) in [5, 5.41) is 6.67. The Morgan fingerprint density at radius 1 is 0.474 bits per heavy atom. The molecule has 0 bridgehead atoms. The SMILES string of the molecule is O=C(NC1CCCCC1NC(=O)C(c1ccccc1)c1ccccc1)C(c1ccccc1)c1ccccc1. The molecule has 5 rings (SSSR count). The summed E-state index contributed by atoms with van der Waals surface area (Å²) in [6, 6.07) is 39.4. The minimum absolute atomic E-state index is 0.0313. The van der Waals surface area contributed by atoms with Gasteiger partial charge in [-0.1, -0.05) is 134 Å². The van der Waals surface area contributed by atoms with Gasteiger partial charge in [-0.3, -0.25) is 9.59 Å². The van der Waals surface area contributed by atoms with Gasteiger partial charge in [-0.05, 0) is 35.1 Å². The molecule has 0 aromatic heterocycles. The van der Waals surface area contributed by atoms with Crippen molar-refractivity contribution in [3.05, 3.63) is 144 Å². The van der Waals surface area contributed by atoms with Crippen molar-refractivity contribution in [2.75, 3.05) is 0 Å². The quantitative estimate of drug-likeness (QED) is 0.302. The van der Waals surface area contributed by atoms with Crippen molar-refractivity contribution in [1.29, 1.82) is 0 Å². The molecule has 2 atom stereocenters. The van der Waals surface area contributed by atoms with Crippen LogP contribution in [-0.4, -0.2) is 23.9 Å². The van der Waals surface area contributed by atoms with E-state index < -0.39 is 11.8 Å². The summed E-state index contributed by atoms with van der Waals surface area (Å²) >= 11 is 0. The van der Waals surface area contributed by atoms with E-state index in [1.807, 2.05) is 121 Å². The second-order valence-electron chi connectivity index (χ2n) is 10.0. The van der Waals surface area contributed by atoms with E-state index in [2.05, 4.69) is 10.6 Å². The topological polar surface area (TPSA) is 58.2 Å². The largest absolute Gasteiger partial charge is 0.350 e. The monoisotopic (exact) mass is 502 g/mol. The Morgan fingerprint density at radius 2 is 0.737 bits per heavy atom. The van der Waals surface area contributed by atoms with Crippen molar-refractivity contribution < 1.29 is 9.59 Å². The third kappa shape index (κ3) is 6.03.